The molecule has 0 unspecified atom stereocenters. The number of hydrogen-bond acceptors (Lipinski definition) is 2. The molecule has 1 aromatic carbocycles. The normalized spacial score (nSPS) is 18.4. The van der Waals surface area contributed by atoms with Crippen molar-refractivity contribution in [3.05, 3.63) is 29.8 Å². The molecule has 14 heavy (non-hydrogen) atoms. The Labute approximate surface area is 91.5 Å². The molecule has 0 amide bonds. The van der Waals surface area contributed by atoms with E-state index in [0.29, 0.717) is 0 Å². The van der Waals surface area contributed by atoms with Crippen molar-refractivity contribution in [1.82, 2.24) is 4.90 Å². The standard InChI is InChI=1S/C12H17NS/c14-12-7-3-2-6-11(12)10-13-8-4-1-5-9-13/h2-3,6-7,14H,1,4-5,8-10H2. The maximum Gasteiger partial charge on any atom is 0.0244 e. The van der Waals surface area contributed by atoms with E-state index in [2.05, 4.69) is 35.7 Å². The lowest BCUT2D eigenvalue weighted by Crippen LogP contribution is -2.29. The smallest absolute Gasteiger partial charge is 0.0244 e. The zero-order valence-electron chi connectivity index (χ0n) is 8.45. The Hall–Kier alpha value is -0.470. The van der Waals surface area contributed by atoms with E-state index in [1.54, 1.807) is 0 Å². The Morgan fingerprint density at radius 2 is 1.79 bits per heavy atom. The van der Waals surface area contributed by atoms with Gasteiger partial charge in [0.2, 0.25) is 0 Å². The van der Waals surface area contributed by atoms with Gasteiger partial charge in [-0.2, -0.15) is 0 Å². The summed E-state index contributed by atoms with van der Waals surface area (Å²) < 4.78 is 0. The van der Waals surface area contributed by atoms with Gasteiger partial charge in [-0.15, -0.1) is 12.6 Å². The molecule has 1 saturated heterocycles. The van der Waals surface area contributed by atoms with Gasteiger partial charge in [-0.3, -0.25) is 4.90 Å². The summed E-state index contributed by atoms with van der Waals surface area (Å²) >= 11 is 4.47. The van der Waals surface area contributed by atoms with E-state index < -0.39 is 0 Å². The molecule has 0 spiro atoms. The Kier molecular flexibility index (Phi) is 3.49. The van der Waals surface area contributed by atoms with E-state index in [0.717, 1.165) is 11.4 Å². The number of benzene rings is 1. The van der Waals surface area contributed by atoms with Crippen LogP contribution in [0.1, 0.15) is 24.8 Å². The molecule has 1 fully saturated rings. The van der Waals surface area contributed by atoms with E-state index in [1.807, 2.05) is 6.07 Å². The highest BCUT2D eigenvalue weighted by molar-refractivity contribution is 7.80. The molecule has 1 aromatic rings. The van der Waals surface area contributed by atoms with Gasteiger partial charge in [-0.25, -0.2) is 0 Å². The van der Waals surface area contributed by atoms with E-state index in [9.17, 15) is 0 Å². The van der Waals surface area contributed by atoms with Crippen LogP contribution in [0.3, 0.4) is 0 Å². The first-order chi connectivity index (χ1) is 6.86. The Morgan fingerprint density at radius 3 is 2.50 bits per heavy atom. The van der Waals surface area contributed by atoms with Crippen LogP contribution >= 0.6 is 12.6 Å². The van der Waals surface area contributed by atoms with Crippen LogP contribution in [0, 0.1) is 0 Å². The van der Waals surface area contributed by atoms with E-state index in [1.165, 1.54) is 37.9 Å². The molecule has 0 bridgehead atoms. The van der Waals surface area contributed by atoms with E-state index >= 15 is 0 Å². The molecule has 1 aliphatic rings. The van der Waals surface area contributed by atoms with E-state index in [-0.39, 0.29) is 0 Å². The predicted molar refractivity (Wildman–Crippen MR) is 62.8 cm³/mol. The first kappa shape index (κ1) is 10.1. The van der Waals surface area contributed by atoms with Gasteiger partial charge in [0.1, 0.15) is 0 Å². The van der Waals surface area contributed by atoms with Crippen molar-refractivity contribution in [1.29, 1.82) is 0 Å². The highest BCUT2D eigenvalue weighted by Crippen LogP contribution is 2.17. The Bertz CT molecular complexity index is 292. The van der Waals surface area contributed by atoms with Crippen LogP contribution in [0.15, 0.2) is 29.2 Å². The summed E-state index contributed by atoms with van der Waals surface area (Å²) in [5, 5.41) is 0. The van der Waals surface area contributed by atoms with Crippen LogP contribution in [-0.4, -0.2) is 18.0 Å². The fourth-order valence-electron chi connectivity index (χ4n) is 2.00. The molecular formula is C12H17NS. The first-order valence-electron chi connectivity index (χ1n) is 5.35. The van der Waals surface area contributed by atoms with Crippen LogP contribution in [0.25, 0.3) is 0 Å². The molecule has 2 heteroatoms. The lowest BCUT2D eigenvalue weighted by Gasteiger charge is -2.26. The second-order valence-electron chi connectivity index (χ2n) is 3.97. The average molecular weight is 207 g/mol. The van der Waals surface area contributed by atoms with E-state index in [4.69, 9.17) is 0 Å². The number of piperidine rings is 1. The third kappa shape index (κ3) is 2.52. The van der Waals surface area contributed by atoms with Crippen LogP contribution in [0.2, 0.25) is 0 Å². The van der Waals surface area contributed by atoms with Gasteiger partial charge in [0.25, 0.3) is 0 Å². The van der Waals surface area contributed by atoms with Crippen molar-refractivity contribution in [2.75, 3.05) is 13.1 Å². The van der Waals surface area contributed by atoms with Crippen molar-refractivity contribution in [2.45, 2.75) is 30.7 Å². The minimum absolute atomic E-state index is 1.07. The third-order valence-corrected chi connectivity index (χ3v) is 3.27. The van der Waals surface area contributed by atoms with Crippen LogP contribution < -0.4 is 0 Å². The molecular weight excluding hydrogens is 190 g/mol. The molecule has 0 N–H and O–H groups in total. The SMILES string of the molecule is Sc1ccccc1CN1CCCCC1. The maximum atomic E-state index is 4.47. The largest absolute Gasteiger partial charge is 0.299 e. The summed E-state index contributed by atoms with van der Waals surface area (Å²) in [5.74, 6) is 0. The lowest BCUT2D eigenvalue weighted by atomic mass is 10.1. The van der Waals surface area contributed by atoms with Gasteiger partial charge in [-0.1, -0.05) is 24.6 Å². The molecule has 1 aliphatic heterocycles. The molecule has 1 heterocycles. The fraction of sp³-hybridized carbons (Fsp3) is 0.500. The summed E-state index contributed by atoms with van der Waals surface area (Å²) in [4.78, 5) is 3.65. The summed E-state index contributed by atoms with van der Waals surface area (Å²) in [6, 6.07) is 8.39. The van der Waals surface area contributed by atoms with Crippen LogP contribution in [-0.2, 0) is 6.54 Å². The van der Waals surface area contributed by atoms with Gasteiger partial charge in [0.05, 0.1) is 0 Å². The second-order valence-corrected chi connectivity index (χ2v) is 4.45. The van der Waals surface area contributed by atoms with Gasteiger partial charge in [-0.05, 0) is 37.6 Å². The van der Waals surface area contributed by atoms with Crippen molar-refractivity contribution in [3.63, 3.8) is 0 Å². The molecule has 0 radical (unpaired) electrons. The van der Waals surface area contributed by atoms with Crippen molar-refractivity contribution in [3.8, 4) is 0 Å². The van der Waals surface area contributed by atoms with Gasteiger partial charge in [0, 0.05) is 11.4 Å². The lowest BCUT2D eigenvalue weighted by molar-refractivity contribution is 0.219. The van der Waals surface area contributed by atoms with Crippen LogP contribution in [0.5, 0.6) is 0 Å². The first-order valence-corrected chi connectivity index (χ1v) is 5.80. The monoisotopic (exact) mass is 207 g/mol. The predicted octanol–water partition coefficient (Wildman–Crippen LogP) is 2.96. The van der Waals surface area contributed by atoms with Crippen LogP contribution in [0.4, 0.5) is 0 Å². The summed E-state index contributed by atoms with van der Waals surface area (Å²) in [6.07, 6.45) is 4.11. The minimum atomic E-state index is 1.07. The quantitative estimate of drug-likeness (QED) is 0.730. The fourth-order valence-corrected chi connectivity index (χ4v) is 2.23. The minimum Gasteiger partial charge on any atom is -0.299 e. The number of nitrogens with zero attached hydrogens (tertiary/aromatic N) is 1. The molecule has 2 rings (SSSR count). The zero-order chi connectivity index (χ0) is 9.80. The van der Waals surface area contributed by atoms with Crippen molar-refractivity contribution >= 4 is 12.6 Å². The number of thiol groups is 1. The second kappa shape index (κ2) is 4.85. The number of likely N-dealkylation sites (tertiary alicyclic amines) is 1. The highest BCUT2D eigenvalue weighted by atomic mass is 32.1. The molecule has 0 aliphatic carbocycles. The topological polar surface area (TPSA) is 3.24 Å². The van der Waals surface area contributed by atoms with Gasteiger partial charge in [0.15, 0.2) is 0 Å². The molecule has 0 atom stereocenters. The summed E-state index contributed by atoms with van der Waals surface area (Å²) in [5.41, 5.74) is 1.36. The average Bonchev–Trinajstić information content (AvgIpc) is 2.23. The third-order valence-electron chi connectivity index (χ3n) is 2.83. The zero-order valence-corrected chi connectivity index (χ0v) is 9.34. The van der Waals surface area contributed by atoms with Gasteiger partial charge < -0.3 is 0 Å². The number of rotatable bonds is 2. The Balaban J connectivity index is 1.99. The number of hydrogen-bond donors (Lipinski definition) is 1. The van der Waals surface area contributed by atoms with Crippen molar-refractivity contribution < 1.29 is 0 Å². The summed E-state index contributed by atoms with van der Waals surface area (Å²) in [6.45, 7) is 3.57. The molecule has 0 aromatic heterocycles. The maximum absolute atomic E-state index is 4.47. The van der Waals surface area contributed by atoms with Crippen molar-refractivity contribution in [2.24, 2.45) is 0 Å². The molecule has 1 nitrogen and oxygen atoms in total. The Morgan fingerprint density at radius 1 is 1.07 bits per heavy atom. The highest BCUT2D eigenvalue weighted by Gasteiger charge is 2.10. The molecule has 76 valence electrons. The summed E-state index contributed by atoms with van der Waals surface area (Å²) in [7, 11) is 0. The molecule has 0 saturated carbocycles. The van der Waals surface area contributed by atoms with Gasteiger partial charge >= 0.3 is 0 Å².